The predicted molar refractivity (Wildman–Crippen MR) is 82.8 cm³/mol. The van der Waals surface area contributed by atoms with E-state index in [9.17, 15) is 0 Å². The second-order valence-electron chi connectivity index (χ2n) is 5.10. The Hall–Kier alpha value is -1.31. The molecule has 19 heavy (non-hydrogen) atoms. The number of hydrogen-bond acceptors (Lipinski definition) is 1. The van der Waals surface area contributed by atoms with E-state index >= 15 is 0 Å². The van der Waals surface area contributed by atoms with Crippen LogP contribution in [0.25, 0.3) is 0 Å². The summed E-state index contributed by atoms with van der Waals surface area (Å²) in [5.74, 6) is 0. The average molecular weight is 274 g/mol. The molecule has 0 bridgehead atoms. The molecule has 0 aliphatic carbocycles. The highest BCUT2D eigenvalue weighted by molar-refractivity contribution is 5.85. The summed E-state index contributed by atoms with van der Waals surface area (Å²) < 4.78 is 0. The molecule has 0 radical (unpaired) electrons. The molecule has 1 nitrogen and oxygen atoms in total. The van der Waals surface area contributed by atoms with Gasteiger partial charge in [-0.25, -0.2) is 0 Å². The fourth-order valence-corrected chi connectivity index (χ4v) is 2.77. The highest BCUT2D eigenvalue weighted by atomic mass is 35.5. The summed E-state index contributed by atoms with van der Waals surface area (Å²) in [4.78, 5) is 2.59. The highest BCUT2D eigenvalue weighted by Gasteiger charge is 2.32. The van der Waals surface area contributed by atoms with Gasteiger partial charge in [0, 0.05) is 12.6 Å². The Kier molecular flexibility index (Phi) is 4.62. The molecule has 1 aliphatic heterocycles. The monoisotopic (exact) mass is 273 g/mol. The van der Waals surface area contributed by atoms with Crippen molar-refractivity contribution in [1.82, 2.24) is 4.90 Å². The smallest absolute Gasteiger partial charge is 0.0604 e. The normalized spacial score (nSPS) is 18.7. The third-order valence-electron chi connectivity index (χ3n) is 3.93. The minimum absolute atomic E-state index is 0. The second kappa shape index (κ2) is 6.23. The molecular formula is C17H20ClN. The van der Waals surface area contributed by atoms with Crippen molar-refractivity contribution in [3.05, 3.63) is 71.8 Å². The quantitative estimate of drug-likeness (QED) is 0.806. The van der Waals surface area contributed by atoms with Gasteiger partial charge in [0.05, 0.1) is 6.04 Å². The van der Waals surface area contributed by atoms with Gasteiger partial charge in [0.2, 0.25) is 0 Å². The number of likely N-dealkylation sites (tertiary alicyclic amines) is 1. The molecular weight excluding hydrogens is 254 g/mol. The minimum Gasteiger partial charge on any atom is -0.290 e. The molecule has 0 saturated carbocycles. The largest absolute Gasteiger partial charge is 0.290 e. The van der Waals surface area contributed by atoms with Crippen LogP contribution in [0.3, 0.4) is 0 Å². The fraction of sp³-hybridized carbons (Fsp3) is 0.294. The first kappa shape index (κ1) is 14.1. The van der Waals surface area contributed by atoms with Crippen LogP contribution >= 0.6 is 12.4 Å². The van der Waals surface area contributed by atoms with Crippen molar-refractivity contribution >= 4 is 12.4 Å². The van der Waals surface area contributed by atoms with Crippen LogP contribution in [0, 0.1) is 0 Å². The maximum atomic E-state index is 2.59. The molecule has 1 unspecified atom stereocenters. The molecule has 1 atom stereocenters. The van der Waals surface area contributed by atoms with Gasteiger partial charge < -0.3 is 0 Å². The van der Waals surface area contributed by atoms with Crippen molar-refractivity contribution in [3.8, 4) is 0 Å². The summed E-state index contributed by atoms with van der Waals surface area (Å²) >= 11 is 0. The third kappa shape index (κ3) is 2.83. The van der Waals surface area contributed by atoms with Crippen molar-refractivity contribution in [2.24, 2.45) is 0 Å². The lowest BCUT2D eigenvalue weighted by Crippen LogP contribution is -2.47. The molecule has 2 heteroatoms. The van der Waals surface area contributed by atoms with Crippen molar-refractivity contribution in [2.75, 3.05) is 6.54 Å². The van der Waals surface area contributed by atoms with Crippen molar-refractivity contribution in [1.29, 1.82) is 0 Å². The molecule has 2 aromatic carbocycles. The summed E-state index contributed by atoms with van der Waals surface area (Å²) in [5.41, 5.74) is 2.80. The Labute approximate surface area is 121 Å². The van der Waals surface area contributed by atoms with Crippen LogP contribution in [0.1, 0.15) is 30.5 Å². The van der Waals surface area contributed by atoms with Crippen molar-refractivity contribution in [3.63, 3.8) is 0 Å². The lowest BCUT2D eigenvalue weighted by atomic mass is 9.91. The molecule has 1 heterocycles. The standard InChI is InChI=1S/C17H19N.ClH/c1-14-12-13-18(14)17(15-8-4-2-5-9-15)16-10-6-3-7-11-16;/h2-11,14,17H,12-13H2,1H3;1H. The lowest BCUT2D eigenvalue weighted by Gasteiger charge is -2.45. The van der Waals surface area contributed by atoms with E-state index in [1.807, 2.05) is 0 Å². The van der Waals surface area contributed by atoms with E-state index in [1.54, 1.807) is 0 Å². The van der Waals surface area contributed by atoms with Crippen molar-refractivity contribution < 1.29 is 0 Å². The molecule has 1 saturated heterocycles. The molecule has 0 amide bonds. The maximum absolute atomic E-state index is 2.59. The zero-order chi connectivity index (χ0) is 12.4. The number of benzene rings is 2. The number of halogens is 1. The Morgan fingerprint density at radius 1 is 0.895 bits per heavy atom. The van der Waals surface area contributed by atoms with Crippen LogP contribution in [0.5, 0.6) is 0 Å². The topological polar surface area (TPSA) is 3.24 Å². The zero-order valence-corrected chi connectivity index (χ0v) is 12.0. The molecule has 2 aromatic rings. The summed E-state index contributed by atoms with van der Waals surface area (Å²) in [6.07, 6.45) is 1.32. The molecule has 1 aliphatic rings. The van der Waals surface area contributed by atoms with Gasteiger partial charge in [-0.15, -0.1) is 12.4 Å². The Balaban J connectivity index is 0.00000133. The van der Waals surface area contributed by atoms with E-state index in [-0.39, 0.29) is 12.4 Å². The van der Waals surface area contributed by atoms with Crippen LogP contribution in [0.15, 0.2) is 60.7 Å². The van der Waals surface area contributed by atoms with Gasteiger partial charge in [0.25, 0.3) is 0 Å². The van der Waals surface area contributed by atoms with Gasteiger partial charge in [-0.2, -0.15) is 0 Å². The van der Waals surface area contributed by atoms with Crippen molar-refractivity contribution in [2.45, 2.75) is 25.4 Å². The van der Waals surface area contributed by atoms with Crippen LogP contribution in [0.4, 0.5) is 0 Å². The third-order valence-corrected chi connectivity index (χ3v) is 3.93. The van der Waals surface area contributed by atoms with Crippen LogP contribution in [0.2, 0.25) is 0 Å². The van der Waals surface area contributed by atoms with Gasteiger partial charge in [-0.05, 0) is 24.5 Å². The summed E-state index contributed by atoms with van der Waals surface area (Å²) in [6.45, 7) is 3.53. The Morgan fingerprint density at radius 2 is 1.37 bits per heavy atom. The minimum atomic E-state index is 0. The van der Waals surface area contributed by atoms with E-state index in [0.29, 0.717) is 12.1 Å². The summed E-state index contributed by atoms with van der Waals surface area (Å²) in [7, 11) is 0. The average Bonchev–Trinajstić information content (AvgIpc) is 2.45. The molecule has 100 valence electrons. The van der Waals surface area contributed by atoms with Crippen LogP contribution < -0.4 is 0 Å². The van der Waals surface area contributed by atoms with Gasteiger partial charge in [-0.1, -0.05) is 60.7 Å². The fourth-order valence-electron chi connectivity index (χ4n) is 2.77. The number of rotatable bonds is 3. The maximum Gasteiger partial charge on any atom is 0.0604 e. The SMILES string of the molecule is CC1CCN1C(c1ccccc1)c1ccccc1.Cl. The first-order valence-corrected chi connectivity index (χ1v) is 6.72. The van der Waals surface area contributed by atoms with Gasteiger partial charge in [-0.3, -0.25) is 4.90 Å². The first-order chi connectivity index (χ1) is 8.86. The lowest BCUT2D eigenvalue weighted by molar-refractivity contribution is 0.0700. The van der Waals surface area contributed by atoms with E-state index < -0.39 is 0 Å². The molecule has 0 spiro atoms. The van der Waals surface area contributed by atoms with Gasteiger partial charge in [0.15, 0.2) is 0 Å². The predicted octanol–water partition coefficient (Wildman–Crippen LogP) is 4.29. The van der Waals surface area contributed by atoms with Gasteiger partial charge >= 0.3 is 0 Å². The first-order valence-electron chi connectivity index (χ1n) is 6.72. The van der Waals surface area contributed by atoms with Gasteiger partial charge in [0.1, 0.15) is 0 Å². The Morgan fingerprint density at radius 3 is 1.68 bits per heavy atom. The van der Waals surface area contributed by atoms with E-state index in [0.717, 1.165) is 0 Å². The van der Waals surface area contributed by atoms with Crippen LogP contribution in [-0.4, -0.2) is 17.5 Å². The molecule has 3 rings (SSSR count). The summed E-state index contributed by atoms with van der Waals surface area (Å²) in [5, 5.41) is 0. The number of hydrogen-bond donors (Lipinski definition) is 0. The second-order valence-corrected chi connectivity index (χ2v) is 5.10. The summed E-state index contributed by atoms with van der Waals surface area (Å²) in [6, 6.07) is 22.8. The molecule has 0 aromatic heterocycles. The highest BCUT2D eigenvalue weighted by Crippen LogP contribution is 2.35. The van der Waals surface area contributed by atoms with E-state index in [2.05, 4.69) is 72.5 Å². The van der Waals surface area contributed by atoms with E-state index in [4.69, 9.17) is 0 Å². The number of nitrogens with zero attached hydrogens (tertiary/aromatic N) is 1. The zero-order valence-electron chi connectivity index (χ0n) is 11.2. The molecule has 1 fully saturated rings. The van der Waals surface area contributed by atoms with E-state index in [1.165, 1.54) is 24.1 Å². The van der Waals surface area contributed by atoms with Crippen LogP contribution in [-0.2, 0) is 0 Å². The Bertz CT molecular complexity index is 458. The molecule has 0 N–H and O–H groups in total.